The second-order valence-corrected chi connectivity index (χ2v) is 4.64. The molecule has 1 aromatic carbocycles. The number of aromatic nitrogens is 1. The number of hydrogen-bond acceptors (Lipinski definition) is 3. The maximum Gasteiger partial charge on any atom is 0.416 e. The Kier molecular flexibility index (Phi) is 4.70. The summed E-state index contributed by atoms with van der Waals surface area (Å²) < 4.78 is 37.3. The smallest absolute Gasteiger partial charge is 0.294 e. The Morgan fingerprint density at radius 1 is 0.909 bits per heavy atom. The third kappa shape index (κ3) is 4.00. The second kappa shape index (κ2) is 6.51. The average molecular weight is 307 g/mol. The zero-order chi connectivity index (χ0) is 16.2. The predicted molar refractivity (Wildman–Crippen MR) is 73.6 cm³/mol. The molecule has 2 aromatic rings. The van der Waals surface area contributed by atoms with Gasteiger partial charge in [0.2, 0.25) is 0 Å². The van der Waals surface area contributed by atoms with Crippen LogP contribution in [0, 0.1) is 0 Å². The lowest BCUT2D eigenvalue weighted by atomic mass is 10.0. The number of ketones is 2. The molecule has 3 nitrogen and oxygen atoms in total. The summed E-state index contributed by atoms with van der Waals surface area (Å²) in [4.78, 5) is 27.6. The molecule has 0 unspecified atom stereocenters. The summed E-state index contributed by atoms with van der Waals surface area (Å²) in [6.07, 6.45) is -3.06. The van der Waals surface area contributed by atoms with E-state index in [1.165, 1.54) is 6.20 Å². The molecule has 2 rings (SSSR count). The Bertz CT molecular complexity index is 664. The van der Waals surface area contributed by atoms with Gasteiger partial charge in [-0.1, -0.05) is 18.2 Å². The lowest BCUT2D eigenvalue weighted by molar-refractivity contribution is -0.137. The van der Waals surface area contributed by atoms with Crippen LogP contribution < -0.4 is 0 Å². The van der Waals surface area contributed by atoms with Gasteiger partial charge < -0.3 is 0 Å². The van der Waals surface area contributed by atoms with Crippen molar-refractivity contribution in [2.75, 3.05) is 0 Å². The first kappa shape index (κ1) is 15.9. The molecule has 0 aliphatic carbocycles. The topological polar surface area (TPSA) is 47.0 Å². The van der Waals surface area contributed by atoms with Gasteiger partial charge in [0.25, 0.3) is 0 Å². The summed E-state index contributed by atoms with van der Waals surface area (Å²) in [6, 6.07) is 8.83. The van der Waals surface area contributed by atoms with E-state index in [1.807, 2.05) is 0 Å². The molecule has 0 saturated carbocycles. The number of carbonyl (C=O) groups excluding carboxylic acids is 2. The Balaban J connectivity index is 1.97. The fourth-order valence-corrected chi connectivity index (χ4v) is 1.87. The van der Waals surface area contributed by atoms with Crippen molar-refractivity contribution in [1.29, 1.82) is 0 Å². The monoisotopic (exact) mass is 307 g/mol. The van der Waals surface area contributed by atoms with Gasteiger partial charge in [-0.25, -0.2) is 0 Å². The number of nitrogens with zero attached hydrogens (tertiary/aromatic N) is 1. The number of hydrogen-bond donors (Lipinski definition) is 0. The molecular formula is C16H12F3NO2. The minimum Gasteiger partial charge on any atom is -0.294 e. The highest BCUT2D eigenvalue weighted by Crippen LogP contribution is 2.29. The van der Waals surface area contributed by atoms with E-state index in [9.17, 15) is 22.8 Å². The maximum atomic E-state index is 12.4. The minimum absolute atomic E-state index is 0.0309. The van der Waals surface area contributed by atoms with E-state index in [4.69, 9.17) is 0 Å². The molecule has 0 bridgehead atoms. The normalized spacial score (nSPS) is 11.2. The van der Waals surface area contributed by atoms with E-state index >= 15 is 0 Å². The first-order chi connectivity index (χ1) is 10.4. The molecule has 1 heterocycles. The van der Waals surface area contributed by atoms with Gasteiger partial charge in [0.1, 0.15) is 5.69 Å². The van der Waals surface area contributed by atoms with Crippen LogP contribution >= 0.6 is 0 Å². The SMILES string of the molecule is O=C(CCC(=O)c1ccccn1)c1ccc(C(F)(F)F)cc1. The van der Waals surface area contributed by atoms with Crippen LogP contribution in [0.1, 0.15) is 39.3 Å². The van der Waals surface area contributed by atoms with E-state index in [2.05, 4.69) is 4.98 Å². The van der Waals surface area contributed by atoms with Crippen molar-refractivity contribution in [2.45, 2.75) is 19.0 Å². The third-order valence-electron chi connectivity index (χ3n) is 3.06. The zero-order valence-corrected chi connectivity index (χ0v) is 11.4. The predicted octanol–water partition coefficient (Wildman–Crippen LogP) is 3.95. The van der Waals surface area contributed by atoms with Crippen LogP contribution in [0.2, 0.25) is 0 Å². The summed E-state index contributed by atoms with van der Waals surface area (Å²) in [6.45, 7) is 0. The highest BCUT2D eigenvalue weighted by Gasteiger charge is 2.30. The second-order valence-electron chi connectivity index (χ2n) is 4.64. The molecule has 114 valence electrons. The van der Waals surface area contributed by atoms with Crippen LogP contribution in [0.3, 0.4) is 0 Å². The van der Waals surface area contributed by atoms with Gasteiger partial charge in [-0.3, -0.25) is 14.6 Å². The summed E-state index contributed by atoms with van der Waals surface area (Å²) in [5.41, 5.74) is -0.391. The van der Waals surface area contributed by atoms with Crippen LogP contribution in [-0.4, -0.2) is 16.6 Å². The van der Waals surface area contributed by atoms with Gasteiger partial charge in [-0.05, 0) is 24.3 Å². The number of Topliss-reactive ketones (excluding diaryl/α,β-unsaturated/α-hetero) is 2. The van der Waals surface area contributed by atoms with Crippen molar-refractivity contribution in [3.63, 3.8) is 0 Å². The fraction of sp³-hybridized carbons (Fsp3) is 0.188. The molecule has 0 fully saturated rings. The van der Waals surface area contributed by atoms with Crippen LogP contribution in [0.4, 0.5) is 13.2 Å². The molecule has 22 heavy (non-hydrogen) atoms. The maximum absolute atomic E-state index is 12.4. The number of rotatable bonds is 5. The van der Waals surface area contributed by atoms with Crippen LogP contribution in [0.15, 0.2) is 48.7 Å². The van der Waals surface area contributed by atoms with Gasteiger partial charge in [0.15, 0.2) is 11.6 Å². The molecule has 6 heteroatoms. The highest BCUT2D eigenvalue weighted by molar-refractivity contribution is 6.01. The van der Waals surface area contributed by atoms with Gasteiger partial charge in [0, 0.05) is 24.6 Å². The lowest BCUT2D eigenvalue weighted by Crippen LogP contribution is -2.08. The van der Waals surface area contributed by atoms with Crippen molar-refractivity contribution in [2.24, 2.45) is 0 Å². The van der Waals surface area contributed by atoms with Crippen molar-refractivity contribution < 1.29 is 22.8 Å². The molecule has 1 aromatic heterocycles. The molecule has 0 saturated heterocycles. The summed E-state index contributed by atoms with van der Waals surface area (Å²) in [5, 5.41) is 0. The standard InChI is InChI=1S/C16H12F3NO2/c17-16(18,19)12-6-4-11(5-7-12)14(21)8-9-15(22)13-3-1-2-10-20-13/h1-7,10H,8-9H2. The van der Waals surface area contributed by atoms with E-state index in [1.54, 1.807) is 18.2 Å². The molecule has 0 amide bonds. The van der Waals surface area contributed by atoms with E-state index < -0.39 is 11.7 Å². The summed E-state index contributed by atoms with van der Waals surface area (Å²) in [5.74, 6) is -0.654. The quantitative estimate of drug-likeness (QED) is 0.786. The van der Waals surface area contributed by atoms with E-state index in [-0.39, 0.29) is 35.7 Å². The average Bonchev–Trinajstić information content (AvgIpc) is 2.52. The Labute approximate surface area is 124 Å². The molecule has 0 radical (unpaired) electrons. The molecule has 0 spiro atoms. The Morgan fingerprint density at radius 3 is 2.09 bits per heavy atom. The Hall–Kier alpha value is -2.50. The minimum atomic E-state index is -4.43. The molecule has 0 aliphatic rings. The highest BCUT2D eigenvalue weighted by atomic mass is 19.4. The van der Waals surface area contributed by atoms with Crippen molar-refractivity contribution in [1.82, 2.24) is 4.98 Å². The summed E-state index contributed by atoms with van der Waals surface area (Å²) in [7, 11) is 0. The van der Waals surface area contributed by atoms with Gasteiger partial charge in [0.05, 0.1) is 5.56 Å². The van der Waals surface area contributed by atoms with Crippen LogP contribution in [0.25, 0.3) is 0 Å². The van der Waals surface area contributed by atoms with Crippen LogP contribution in [-0.2, 0) is 6.18 Å². The fourth-order valence-electron chi connectivity index (χ4n) is 1.87. The van der Waals surface area contributed by atoms with Crippen LogP contribution in [0.5, 0.6) is 0 Å². The van der Waals surface area contributed by atoms with E-state index in [0.717, 1.165) is 24.3 Å². The molecule has 0 aliphatic heterocycles. The van der Waals surface area contributed by atoms with Gasteiger partial charge >= 0.3 is 6.18 Å². The van der Waals surface area contributed by atoms with Gasteiger partial charge in [-0.15, -0.1) is 0 Å². The van der Waals surface area contributed by atoms with Crippen molar-refractivity contribution >= 4 is 11.6 Å². The number of pyridine rings is 1. The lowest BCUT2D eigenvalue weighted by Gasteiger charge is -2.07. The largest absolute Gasteiger partial charge is 0.416 e. The first-order valence-corrected chi connectivity index (χ1v) is 6.52. The number of benzene rings is 1. The number of alkyl halides is 3. The Morgan fingerprint density at radius 2 is 1.55 bits per heavy atom. The zero-order valence-electron chi connectivity index (χ0n) is 11.4. The molecular weight excluding hydrogens is 295 g/mol. The van der Waals surface area contributed by atoms with E-state index in [0.29, 0.717) is 0 Å². The molecule has 0 N–H and O–H groups in total. The third-order valence-corrected chi connectivity index (χ3v) is 3.06. The first-order valence-electron chi connectivity index (χ1n) is 6.52. The number of halogens is 3. The van der Waals surface area contributed by atoms with Gasteiger partial charge in [-0.2, -0.15) is 13.2 Å². The number of carbonyl (C=O) groups is 2. The van der Waals surface area contributed by atoms with Crippen molar-refractivity contribution in [3.05, 3.63) is 65.5 Å². The van der Waals surface area contributed by atoms with Crippen molar-refractivity contribution in [3.8, 4) is 0 Å². The molecule has 0 atom stereocenters. The summed E-state index contributed by atoms with van der Waals surface area (Å²) >= 11 is 0.